The number of aliphatic hydroxyl groups is 1. The molecular weight excluding hydrogens is 374 g/mol. The maximum absolute atomic E-state index is 12.6. The number of aromatic nitrogens is 2. The summed E-state index contributed by atoms with van der Waals surface area (Å²) >= 11 is 3.39. The van der Waals surface area contributed by atoms with E-state index >= 15 is 0 Å². The highest BCUT2D eigenvalue weighted by Gasteiger charge is 2.25. The Bertz CT molecular complexity index is 834. The van der Waals surface area contributed by atoms with Gasteiger partial charge < -0.3 is 10.4 Å². The highest BCUT2D eigenvalue weighted by Crippen LogP contribution is 2.19. The number of piperidine rings is 1. The monoisotopic (exact) mass is 393 g/mol. The van der Waals surface area contributed by atoms with E-state index in [9.17, 15) is 14.7 Å². The van der Waals surface area contributed by atoms with Gasteiger partial charge in [-0.2, -0.15) is 0 Å². The Morgan fingerprint density at radius 2 is 2.29 bits per heavy atom. The summed E-state index contributed by atoms with van der Waals surface area (Å²) in [6, 6.07) is 3.40. The summed E-state index contributed by atoms with van der Waals surface area (Å²) in [7, 11) is 0. The molecule has 0 saturated carbocycles. The van der Waals surface area contributed by atoms with Gasteiger partial charge in [0.2, 0.25) is 0 Å². The third-order valence-electron chi connectivity index (χ3n) is 4.42. The smallest absolute Gasteiger partial charge is 0.261 e. The summed E-state index contributed by atoms with van der Waals surface area (Å²) in [6.45, 7) is 2.67. The summed E-state index contributed by atoms with van der Waals surface area (Å²) in [6.07, 6.45) is 2.74. The van der Waals surface area contributed by atoms with Crippen molar-refractivity contribution in [2.75, 3.05) is 6.54 Å². The first-order valence-electron chi connectivity index (χ1n) is 8.04. The summed E-state index contributed by atoms with van der Waals surface area (Å²) in [4.78, 5) is 29.2. The van der Waals surface area contributed by atoms with Crippen LogP contribution in [-0.2, 0) is 11.3 Å². The zero-order valence-electron chi connectivity index (χ0n) is 13.5. The molecule has 0 aliphatic carbocycles. The molecule has 1 saturated heterocycles. The molecule has 2 aromatic rings. The number of Topliss-reactive ketones (excluding diaryl/α,β-unsaturated/α-hetero) is 1. The number of nitrogens with one attached hydrogen (secondary N) is 1. The van der Waals surface area contributed by atoms with Gasteiger partial charge >= 0.3 is 0 Å². The Kier molecular flexibility index (Phi) is 5.12. The summed E-state index contributed by atoms with van der Waals surface area (Å²) in [5, 5.41) is 13.6. The van der Waals surface area contributed by atoms with Crippen LogP contribution >= 0.6 is 15.9 Å². The second kappa shape index (κ2) is 7.13. The Labute approximate surface area is 148 Å². The number of halogens is 1. The van der Waals surface area contributed by atoms with Crippen LogP contribution in [-0.4, -0.2) is 39.1 Å². The second-order valence-corrected chi connectivity index (χ2v) is 7.23. The highest BCUT2D eigenvalue weighted by molar-refractivity contribution is 9.10. The second-order valence-electron chi connectivity index (χ2n) is 6.31. The van der Waals surface area contributed by atoms with Crippen LogP contribution < -0.4 is 10.9 Å². The van der Waals surface area contributed by atoms with E-state index < -0.39 is 6.10 Å². The van der Waals surface area contributed by atoms with Crippen LogP contribution in [0.25, 0.3) is 10.9 Å². The van der Waals surface area contributed by atoms with Crippen molar-refractivity contribution >= 4 is 32.6 Å². The first kappa shape index (κ1) is 17.3. The molecule has 3 rings (SSSR count). The highest BCUT2D eigenvalue weighted by atomic mass is 79.9. The molecule has 0 spiro atoms. The van der Waals surface area contributed by atoms with Crippen molar-refractivity contribution < 1.29 is 9.90 Å². The molecule has 24 heavy (non-hydrogen) atoms. The fraction of sp³-hybridized carbons (Fsp3) is 0.471. The number of aliphatic hydroxyl groups excluding tert-OH is 1. The number of hydrogen-bond donors (Lipinski definition) is 2. The predicted molar refractivity (Wildman–Crippen MR) is 95.1 cm³/mol. The van der Waals surface area contributed by atoms with Crippen molar-refractivity contribution in [2.24, 2.45) is 0 Å². The molecule has 1 aliphatic heterocycles. The lowest BCUT2D eigenvalue weighted by atomic mass is 9.97. The molecule has 6 nitrogen and oxygen atoms in total. The van der Waals surface area contributed by atoms with E-state index in [1.807, 2.05) is 13.0 Å². The normalized spacial score (nSPS) is 21.1. The maximum atomic E-state index is 12.6. The third-order valence-corrected chi connectivity index (χ3v) is 4.88. The van der Waals surface area contributed by atoms with E-state index in [4.69, 9.17) is 0 Å². The largest absolute Gasteiger partial charge is 0.391 e. The Hall–Kier alpha value is -1.57. The van der Waals surface area contributed by atoms with Crippen molar-refractivity contribution in [1.29, 1.82) is 0 Å². The van der Waals surface area contributed by atoms with E-state index in [1.54, 1.807) is 6.07 Å². The zero-order chi connectivity index (χ0) is 17.3. The van der Waals surface area contributed by atoms with Crippen LogP contribution in [0.5, 0.6) is 0 Å². The lowest BCUT2D eigenvalue weighted by Gasteiger charge is -2.28. The molecule has 128 valence electrons. The van der Waals surface area contributed by atoms with Crippen LogP contribution in [0.3, 0.4) is 0 Å². The average molecular weight is 394 g/mol. The molecule has 0 amide bonds. The van der Waals surface area contributed by atoms with Crippen LogP contribution in [0.4, 0.5) is 0 Å². The average Bonchev–Trinajstić information content (AvgIpc) is 2.53. The van der Waals surface area contributed by atoms with Crippen molar-refractivity contribution in [3.63, 3.8) is 0 Å². The molecule has 7 heteroatoms. The standard InChI is InChI=1S/C17H20BrN3O3/c1-10-5-11(18)6-13-16(10)20-9-21(17(13)24)8-12(22)7-14-15(23)3-2-4-19-14/h5-6,9,14-15,19,23H,2-4,7-8H2,1H3/t14-,15+/m1/s1. The van der Waals surface area contributed by atoms with Gasteiger partial charge in [0.1, 0.15) is 0 Å². The number of hydrogen-bond acceptors (Lipinski definition) is 5. The number of ketones is 1. The molecule has 1 aromatic heterocycles. The molecule has 0 unspecified atom stereocenters. The molecule has 2 heterocycles. The number of benzene rings is 1. The van der Waals surface area contributed by atoms with Crippen LogP contribution in [0.2, 0.25) is 0 Å². The van der Waals surface area contributed by atoms with Gasteiger partial charge in [0.05, 0.1) is 29.9 Å². The van der Waals surface area contributed by atoms with Gasteiger partial charge in [-0.3, -0.25) is 14.2 Å². The number of aryl methyl sites for hydroxylation is 1. The van der Waals surface area contributed by atoms with Gasteiger partial charge in [-0.15, -0.1) is 0 Å². The van der Waals surface area contributed by atoms with E-state index in [0.29, 0.717) is 17.3 Å². The Morgan fingerprint density at radius 3 is 3.04 bits per heavy atom. The predicted octanol–water partition coefficient (Wildman–Crippen LogP) is 1.54. The number of rotatable bonds is 4. The molecule has 1 aromatic carbocycles. The van der Waals surface area contributed by atoms with Crippen LogP contribution in [0.15, 0.2) is 27.7 Å². The molecule has 1 aliphatic rings. The van der Waals surface area contributed by atoms with Crippen LogP contribution in [0, 0.1) is 6.92 Å². The van der Waals surface area contributed by atoms with Gasteiger partial charge in [-0.05, 0) is 44.0 Å². The Balaban J connectivity index is 1.81. The van der Waals surface area contributed by atoms with Gasteiger partial charge in [-0.25, -0.2) is 4.98 Å². The minimum absolute atomic E-state index is 0.0295. The van der Waals surface area contributed by atoms with E-state index in [0.717, 1.165) is 23.0 Å². The van der Waals surface area contributed by atoms with Crippen molar-refractivity contribution in [3.05, 3.63) is 38.9 Å². The SMILES string of the molecule is Cc1cc(Br)cc2c(=O)n(CC(=O)C[C@H]3NCCC[C@@H]3O)cnc12. The minimum Gasteiger partial charge on any atom is -0.391 e. The quantitative estimate of drug-likeness (QED) is 0.822. The van der Waals surface area contributed by atoms with Crippen molar-refractivity contribution in [2.45, 2.75) is 44.9 Å². The Morgan fingerprint density at radius 1 is 1.50 bits per heavy atom. The topological polar surface area (TPSA) is 84.2 Å². The number of carbonyl (C=O) groups excluding carboxylic acids is 1. The zero-order valence-corrected chi connectivity index (χ0v) is 15.0. The first-order valence-corrected chi connectivity index (χ1v) is 8.83. The molecule has 1 fully saturated rings. The van der Waals surface area contributed by atoms with Gasteiger partial charge in [0, 0.05) is 16.9 Å². The number of nitrogens with zero attached hydrogens (tertiary/aromatic N) is 2. The molecule has 2 N–H and O–H groups in total. The molecule has 2 atom stereocenters. The van der Waals surface area contributed by atoms with Gasteiger partial charge in [0.25, 0.3) is 5.56 Å². The molecule has 0 bridgehead atoms. The van der Waals surface area contributed by atoms with Crippen molar-refractivity contribution in [3.8, 4) is 0 Å². The van der Waals surface area contributed by atoms with Crippen molar-refractivity contribution in [1.82, 2.24) is 14.9 Å². The van der Waals surface area contributed by atoms with Gasteiger partial charge in [-0.1, -0.05) is 15.9 Å². The summed E-state index contributed by atoms with van der Waals surface area (Å²) in [5.41, 5.74) is 1.33. The summed E-state index contributed by atoms with van der Waals surface area (Å²) in [5.74, 6) is -0.0941. The maximum Gasteiger partial charge on any atom is 0.261 e. The third kappa shape index (κ3) is 3.58. The van der Waals surface area contributed by atoms with E-state index in [1.165, 1.54) is 10.9 Å². The molecule has 0 radical (unpaired) electrons. The fourth-order valence-corrected chi connectivity index (χ4v) is 3.73. The van der Waals surface area contributed by atoms with Crippen LogP contribution in [0.1, 0.15) is 24.8 Å². The minimum atomic E-state index is -0.507. The fourth-order valence-electron chi connectivity index (χ4n) is 3.16. The summed E-state index contributed by atoms with van der Waals surface area (Å²) < 4.78 is 2.15. The molecular formula is C17H20BrN3O3. The van der Waals surface area contributed by atoms with Gasteiger partial charge in [0.15, 0.2) is 5.78 Å². The van der Waals surface area contributed by atoms with E-state index in [2.05, 4.69) is 26.2 Å². The first-order chi connectivity index (χ1) is 11.5. The van der Waals surface area contributed by atoms with E-state index in [-0.39, 0.29) is 30.3 Å². The number of fused-ring (bicyclic) bond motifs is 1. The number of carbonyl (C=O) groups is 1. The lowest BCUT2D eigenvalue weighted by molar-refractivity contribution is -0.121. The lowest BCUT2D eigenvalue weighted by Crippen LogP contribution is -2.46.